The number of hydrogen-bond acceptors (Lipinski definition) is 4. The van der Waals surface area contributed by atoms with Gasteiger partial charge in [0.1, 0.15) is 11.5 Å². The quantitative estimate of drug-likeness (QED) is 0.214. The summed E-state index contributed by atoms with van der Waals surface area (Å²) in [5, 5.41) is 0. The molecule has 0 N–H and O–H groups in total. The Morgan fingerprint density at radius 1 is 0.593 bits per heavy atom. The summed E-state index contributed by atoms with van der Waals surface area (Å²) in [5.41, 5.74) is 13.8. The fourth-order valence-electron chi connectivity index (χ4n) is 2.14. The van der Waals surface area contributed by atoms with E-state index in [-0.39, 0.29) is 11.1 Å². The van der Waals surface area contributed by atoms with E-state index >= 15 is 0 Å². The molecule has 0 aliphatic carbocycles. The first kappa shape index (κ1) is 19.2. The van der Waals surface area contributed by atoms with Gasteiger partial charge in [0.15, 0.2) is 0 Å². The van der Waals surface area contributed by atoms with Gasteiger partial charge < -0.3 is 20.5 Å². The second kappa shape index (κ2) is 10.0. The van der Waals surface area contributed by atoms with Gasteiger partial charge in [0.25, 0.3) is 0 Å². The Hall–Kier alpha value is -4.09. The fourth-order valence-corrected chi connectivity index (χ4v) is 2.14. The number of benzene rings is 3. The van der Waals surface area contributed by atoms with Crippen molar-refractivity contribution in [3.05, 3.63) is 112 Å². The Morgan fingerprint density at radius 2 is 0.889 bits per heavy atom. The number of carbonyl (C=O) groups excluding carboxylic acids is 2. The maximum atomic E-state index is 12.4. The molecule has 0 fully saturated rings. The van der Waals surface area contributed by atoms with Crippen LogP contribution in [0.1, 0.15) is 20.7 Å². The van der Waals surface area contributed by atoms with E-state index in [0.717, 1.165) is 0 Å². The first-order chi connectivity index (χ1) is 13.2. The minimum Gasteiger partial charge on any atom is -0.423 e. The number of ether oxygens (including phenoxy) is 2. The lowest BCUT2D eigenvalue weighted by Gasteiger charge is -2.09. The summed E-state index contributed by atoms with van der Waals surface area (Å²) in [7, 11) is 0. The molecule has 134 valence electrons. The van der Waals surface area contributed by atoms with E-state index in [0.29, 0.717) is 11.5 Å². The maximum Gasteiger partial charge on any atom is 0.344 e. The third kappa shape index (κ3) is 5.74. The lowest BCUT2D eigenvalue weighted by molar-refractivity contribution is 0.0692. The summed E-state index contributed by atoms with van der Waals surface area (Å²) in [4.78, 5) is 26.2. The Labute approximate surface area is 155 Å². The summed E-state index contributed by atoms with van der Waals surface area (Å²) in [6.07, 6.45) is 0. The summed E-state index contributed by atoms with van der Waals surface area (Å²) in [6, 6.07) is 23.8. The molecule has 0 saturated carbocycles. The molecular formula is C20H14N3O4-. The number of hydrogen-bond donors (Lipinski definition) is 0. The molecule has 7 heteroatoms. The van der Waals surface area contributed by atoms with Crippen LogP contribution in [-0.4, -0.2) is 11.9 Å². The second-order valence-electron chi connectivity index (χ2n) is 5.04. The zero-order valence-corrected chi connectivity index (χ0v) is 14.1. The minimum atomic E-state index is -0.609. The molecule has 7 nitrogen and oxygen atoms in total. The van der Waals surface area contributed by atoms with Gasteiger partial charge in [-0.05, 0) is 36.4 Å². The molecule has 3 aromatic rings. The van der Waals surface area contributed by atoms with Crippen molar-refractivity contribution in [2.24, 2.45) is 0 Å². The van der Waals surface area contributed by atoms with E-state index in [1.807, 2.05) is 12.1 Å². The van der Waals surface area contributed by atoms with E-state index in [4.69, 9.17) is 20.5 Å². The monoisotopic (exact) mass is 360 g/mol. The zero-order valence-electron chi connectivity index (χ0n) is 14.1. The van der Waals surface area contributed by atoms with Crippen LogP contribution in [0.25, 0.3) is 16.0 Å². The highest BCUT2D eigenvalue weighted by molar-refractivity contribution is 6.04. The standard InChI is InChI=1S/C20H14O4.N3/c21-19(23-15-9-3-1-4-10-15)17-13-7-8-14-18(17)20(22)24-16-11-5-2-6-12-16;1-3-2/h1-14H;/q;-1. The van der Waals surface area contributed by atoms with Crippen LogP contribution in [0.3, 0.4) is 0 Å². The van der Waals surface area contributed by atoms with Crippen LogP contribution in [0.4, 0.5) is 0 Å². The van der Waals surface area contributed by atoms with Gasteiger partial charge in [-0.15, -0.1) is 0 Å². The number of para-hydroxylation sites is 2. The lowest BCUT2D eigenvalue weighted by atomic mass is 10.1. The van der Waals surface area contributed by atoms with E-state index in [2.05, 4.69) is 0 Å². The molecule has 0 amide bonds. The Kier molecular flexibility index (Phi) is 7.14. The fraction of sp³-hybridized carbons (Fsp3) is 0. The van der Waals surface area contributed by atoms with Crippen LogP contribution in [0.5, 0.6) is 11.5 Å². The minimum absolute atomic E-state index is 0.155. The summed E-state index contributed by atoms with van der Waals surface area (Å²) < 4.78 is 10.6. The molecule has 0 aliphatic rings. The molecule has 0 heterocycles. The highest BCUT2D eigenvalue weighted by Crippen LogP contribution is 2.17. The van der Waals surface area contributed by atoms with Crippen molar-refractivity contribution in [2.75, 3.05) is 0 Å². The first-order valence-electron chi connectivity index (χ1n) is 7.77. The molecule has 0 atom stereocenters. The molecule has 0 aliphatic heterocycles. The van der Waals surface area contributed by atoms with E-state index in [9.17, 15) is 9.59 Å². The predicted octanol–water partition coefficient (Wildman–Crippen LogP) is 4.99. The molecular weight excluding hydrogens is 346 g/mol. The largest absolute Gasteiger partial charge is 0.423 e. The molecule has 27 heavy (non-hydrogen) atoms. The highest BCUT2D eigenvalue weighted by Gasteiger charge is 2.20. The van der Waals surface area contributed by atoms with Crippen LogP contribution in [0, 0.1) is 0 Å². The van der Waals surface area contributed by atoms with E-state index in [1.165, 1.54) is 17.0 Å². The van der Waals surface area contributed by atoms with Crippen LogP contribution < -0.4 is 9.47 Å². The number of esters is 2. The Morgan fingerprint density at radius 3 is 1.22 bits per heavy atom. The number of nitrogens with zero attached hydrogens (tertiary/aromatic N) is 3. The topological polar surface area (TPSA) is 111 Å². The Balaban J connectivity index is 0.000000817. The molecule has 0 bridgehead atoms. The number of rotatable bonds is 4. The van der Waals surface area contributed by atoms with Gasteiger partial charge in [-0.25, -0.2) is 9.59 Å². The third-order valence-electron chi connectivity index (χ3n) is 3.27. The third-order valence-corrected chi connectivity index (χ3v) is 3.27. The van der Waals surface area contributed by atoms with Crippen molar-refractivity contribution in [3.63, 3.8) is 0 Å². The van der Waals surface area contributed by atoms with Crippen molar-refractivity contribution in [1.29, 1.82) is 0 Å². The maximum absolute atomic E-state index is 12.4. The molecule has 3 aromatic carbocycles. The van der Waals surface area contributed by atoms with Gasteiger partial charge in [-0.2, -0.15) is 0 Å². The first-order valence-corrected chi connectivity index (χ1v) is 7.77. The van der Waals surface area contributed by atoms with Crippen molar-refractivity contribution in [2.45, 2.75) is 0 Å². The van der Waals surface area contributed by atoms with Crippen LogP contribution >= 0.6 is 0 Å². The summed E-state index contributed by atoms with van der Waals surface area (Å²) >= 11 is 0. The second-order valence-corrected chi connectivity index (χ2v) is 5.04. The van der Waals surface area contributed by atoms with Gasteiger partial charge >= 0.3 is 11.9 Å². The smallest absolute Gasteiger partial charge is 0.344 e. The Bertz CT molecular complexity index is 865. The van der Waals surface area contributed by atoms with Crippen molar-refractivity contribution >= 4 is 11.9 Å². The normalized spacial score (nSPS) is 9.19. The van der Waals surface area contributed by atoms with Crippen molar-refractivity contribution in [1.82, 2.24) is 0 Å². The molecule has 0 saturated heterocycles. The van der Waals surface area contributed by atoms with Crippen LogP contribution in [0.15, 0.2) is 84.9 Å². The highest BCUT2D eigenvalue weighted by atomic mass is 16.5. The predicted molar refractivity (Wildman–Crippen MR) is 99.3 cm³/mol. The molecule has 0 unspecified atom stereocenters. The van der Waals surface area contributed by atoms with Crippen LogP contribution in [0.2, 0.25) is 0 Å². The molecule has 0 spiro atoms. The van der Waals surface area contributed by atoms with E-state index < -0.39 is 11.9 Å². The van der Waals surface area contributed by atoms with Gasteiger partial charge in [-0.1, -0.05) is 48.5 Å². The average Bonchev–Trinajstić information content (AvgIpc) is 2.70. The van der Waals surface area contributed by atoms with E-state index in [1.54, 1.807) is 60.7 Å². The van der Waals surface area contributed by atoms with Gasteiger partial charge in [0.05, 0.1) is 11.1 Å². The van der Waals surface area contributed by atoms with Crippen molar-refractivity contribution in [3.8, 4) is 11.5 Å². The van der Waals surface area contributed by atoms with Gasteiger partial charge in [-0.3, -0.25) is 4.91 Å². The molecule has 0 aromatic heterocycles. The average molecular weight is 360 g/mol. The van der Waals surface area contributed by atoms with Crippen LogP contribution in [-0.2, 0) is 0 Å². The molecule has 0 radical (unpaired) electrons. The van der Waals surface area contributed by atoms with Gasteiger partial charge in [0, 0.05) is 0 Å². The lowest BCUT2D eigenvalue weighted by Crippen LogP contribution is -2.17. The SMILES string of the molecule is O=C(Oc1ccccc1)c1ccccc1C(=O)Oc1ccccc1.[N-]=[N+]=[N-]. The van der Waals surface area contributed by atoms with Crippen molar-refractivity contribution < 1.29 is 19.1 Å². The summed E-state index contributed by atoms with van der Waals surface area (Å²) in [6.45, 7) is 0. The number of carbonyl (C=O) groups is 2. The van der Waals surface area contributed by atoms with Gasteiger partial charge in [0.2, 0.25) is 0 Å². The molecule has 3 rings (SSSR count). The summed E-state index contributed by atoms with van der Waals surface area (Å²) in [5.74, 6) is -0.397. The zero-order chi connectivity index (χ0) is 19.5.